The van der Waals surface area contributed by atoms with Crippen molar-refractivity contribution in [2.45, 2.75) is 57.5 Å². The summed E-state index contributed by atoms with van der Waals surface area (Å²) in [5.74, 6) is -1.23. The highest BCUT2D eigenvalue weighted by Gasteiger charge is 2.44. The van der Waals surface area contributed by atoms with Crippen LogP contribution < -0.4 is 5.32 Å². The fourth-order valence-corrected chi connectivity index (χ4v) is 2.86. The van der Waals surface area contributed by atoms with Crippen molar-refractivity contribution in [1.82, 2.24) is 5.32 Å². The van der Waals surface area contributed by atoms with Crippen LogP contribution >= 0.6 is 0 Å². The molecule has 0 spiro atoms. The van der Waals surface area contributed by atoms with Gasteiger partial charge in [-0.1, -0.05) is 31.0 Å². The number of carbonyl (C=O) groups excluding carboxylic acids is 1. The molecule has 0 heterocycles. The van der Waals surface area contributed by atoms with E-state index in [2.05, 4.69) is 5.32 Å². The highest BCUT2D eigenvalue weighted by Crippen LogP contribution is 2.39. The van der Waals surface area contributed by atoms with E-state index in [4.69, 9.17) is 4.74 Å². The molecule has 1 aliphatic rings. The normalized spacial score (nSPS) is 16.8. The van der Waals surface area contributed by atoms with Gasteiger partial charge in [0.15, 0.2) is 0 Å². The molecule has 1 fully saturated rings. The van der Waals surface area contributed by atoms with Crippen molar-refractivity contribution in [2.75, 3.05) is 6.54 Å². The first kappa shape index (κ1) is 19.2. The molecule has 1 aliphatic carbocycles. The third-order valence-corrected chi connectivity index (χ3v) is 4.41. The highest BCUT2D eigenvalue weighted by atomic mass is 19.1. The van der Waals surface area contributed by atoms with Crippen LogP contribution in [0.1, 0.15) is 52.0 Å². The van der Waals surface area contributed by atoms with E-state index < -0.39 is 28.9 Å². The lowest BCUT2D eigenvalue weighted by atomic mass is 9.75. The Morgan fingerprint density at radius 1 is 1.28 bits per heavy atom. The van der Waals surface area contributed by atoms with E-state index in [0.717, 1.165) is 12.8 Å². The van der Waals surface area contributed by atoms with Gasteiger partial charge in [0.05, 0.1) is 0 Å². The Morgan fingerprint density at radius 2 is 1.92 bits per heavy atom. The van der Waals surface area contributed by atoms with Crippen molar-refractivity contribution < 1.29 is 23.8 Å². The van der Waals surface area contributed by atoms with Gasteiger partial charge in [0, 0.05) is 12.1 Å². The monoisotopic (exact) mass is 351 g/mol. The summed E-state index contributed by atoms with van der Waals surface area (Å²) in [6, 6.07) is 5.86. The van der Waals surface area contributed by atoms with Crippen LogP contribution in [0.25, 0.3) is 0 Å². The number of aliphatic carboxylic acids is 1. The maximum Gasteiger partial charge on any atom is 0.407 e. The molecule has 2 rings (SSSR count). The van der Waals surface area contributed by atoms with Gasteiger partial charge in [-0.05, 0) is 45.6 Å². The summed E-state index contributed by atoms with van der Waals surface area (Å²) in [6.45, 7) is 4.95. The molecule has 1 atom stereocenters. The molecule has 0 aromatic heterocycles. The molecular weight excluding hydrogens is 325 g/mol. The van der Waals surface area contributed by atoms with Crippen LogP contribution in [0.3, 0.4) is 0 Å². The first-order chi connectivity index (χ1) is 11.6. The molecule has 0 bridgehead atoms. The van der Waals surface area contributed by atoms with Crippen molar-refractivity contribution in [1.29, 1.82) is 0 Å². The molecule has 5 nitrogen and oxygen atoms in total. The molecule has 2 N–H and O–H groups in total. The Morgan fingerprint density at radius 3 is 2.44 bits per heavy atom. The van der Waals surface area contributed by atoms with Crippen LogP contribution in [0.5, 0.6) is 0 Å². The number of hydrogen-bond donors (Lipinski definition) is 2. The standard InChI is InChI=1S/C19H26FNO4/c1-18(2,3)25-17(24)21-12-19(16(22)23,11-10-13-8-9-13)14-6-4-5-7-15(14)20/h4-7,13H,8-12H2,1-3H3,(H,21,24)(H,22,23). The van der Waals surface area contributed by atoms with E-state index in [1.165, 1.54) is 18.2 Å². The van der Waals surface area contributed by atoms with Gasteiger partial charge in [-0.25, -0.2) is 9.18 Å². The smallest absolute Gasteiger partial charge is 0.407 e. The average molecular weight is 351 g/mol. The lowest BCUT2D eigenvalue weighted by Gasteiger charge is -2.31. The number of hydrogen-bond acceptors (Lipinski definition) is 3. The summed E-state index contributed by atoms with van der Waals surface area (Å²) in [4.78, 5) is 24.1. The van der Waals surface area contributed by atoms with Gasteiger partial charge in [0.1, 0.15) is 16.8 Å². The average Bonchev–Trinajstić information content (AvgIpc) is 3.31. The molecule has 138 valence electrons. The number of amides is 1. The molecule has 1 unspecified atom stereocenters. The topological polar surface area (TPSA) is 75.6 Å². The summed E-state index contributed by atoms with van der Waals surface area (Å²) >= 11 is 0. The fraction of sp³-hybridized carbons (Fsp3) is 0.579. The first-order valence-corrected chi connectivity index (χ1v) is 8.59. The van der Waals surface area contributed by atoms with E-state index in [0.29, 0.717) is 12.3 Å². The zero-order valence-corrected chi connectivity index (χ0v) is 15.0. The number of nitrogens with one attached hydrogen (secondary N) is 1. The maximum atomic E-state index is 14.4. The van der Waals surface area contributed by atoms with Crippen LogP contribution in [0.15, 0.2) is 24.3 Å². The number of benzene rings is 1. The summed E-state index contributed by atoms with van der Waals surface area (Å²) in [6.07, 6.45) is 2.40. The largest absolute Gasteiger partial charge is 0.481 e. The number of carboxylic acids is 1. The van der Waals surface area contributed by atoms with Gasteiger partial charge in [0.25, 0.3) is 0 Å². The van der Waals surface area contributed by atoms with Crippen molar-refractivity contribution in [3.63, 3.8) is 0 Å². The van der Waals surface area contributed by atoms with Crippen LogP contribution in [0, 0.1) is 11.7 Å². The number of halogens is 1. The summed E-state index contributed by atoms with van der Waals surface area (Å²) in [5.41, 5.74) is -2.11. The lowest BCUT2D eigenvalue weighted by Crippen LogP contribution is -2.48. The molecule has 6 heteroatoms. The van der Waals surface area contributed by atoms with Crippen molar-refractivity contribution in [2.24, 2.45) is 5.92 Å². The molecule has 1 saturated carbocycles. The second kappa shape index (κ2) is 7.42. The summed E-state index contributed by atoms with van der Waals surface area (Å²) < 4.78 is 19.6. The van der Waals surface area contributed by atoms with Crippen LogP contribution in [-0.2, 0) is 14.9 Å². The van der Waals surface area contributed by atoms with Crippen molar-refractivity contribution >= 4 is 12.1 Å². The number of carbonyl (C=O) groups is 2. The van der Waals surface area contributed by atoms with Gasteiger partial charge >= 0.3 is 12.1 Å². The highest BCUT2D eigenvalue weighted by molar-refractivity contribution is 5.83. The summed E-state index contributed by atoms with van der Waals surface area (Å²) in [7, 11) is 0. The van der Waals surface area contributed by atoms with E-state index in [1.54, 1.807) is 26.8 Å². The molecule has 0 saturated heterocycles. The SMILES string of the molecule is CC(C)(C)OC(=O)NCC(CCC1CC1)(C(=O)O)c1ccccc1F. The minimum atomic E-state index is -1.51. The number of carboxylic acid groups (broad SMARTS) is 1. The Balaban J connectivity index is 2.25. The van der Waals surface area contributed by atoms with Gasteiger partial charge < -0.3 is 15.2 Å². The second-order valence-electron chi connectivity index (χ2n) is 7.70. The van der Waals surface area contributed by atoms with E-state index in [-0.39, 0.29) is 18.5 Å². The zero-order chi connectivity index (χ0) is 18.7. The summed E-state index contributed by atoms with van der Waals surface area (Å²) in [5, 5.41) is 12.4. The number of ether oxygens (including phenoxy) is 1. The minimum Gasteiger partial charge on any atom is -0.481 e. The first-order valence-electron chi connectivity index (χ1n) is 8.59. The molecule has 0 radical (unpaired) electrons. The molecule has 25 heavy (non-hydrogen) atoms. The quantitative estimate of drug-likeness (QED) is 0.782. The third kappa shape index (κ3) is 5.18. The van der Waals surface area contributed by atoms with E-state index in [1.807, 2.05) is 0 Å². The molecule has 0 aliphatic heterocycles. The van der Waals surface area contributed by atoms with Crippen LogP contribution in [0.2, 0.25) is 0 Å². The van der Waals surface area contributed by atoms with Gasteiger partial charge in [0.2, 0.25) is 0 Å². The van der Waals surface area contributed by atoms with Gasteiger partial charge in [-0.15, -0.1) is 0 Å². The van der Waals surface area contributed by atoms with E-state index >= 15 is 0 Å². The Kier molecular flexibility index (Phi) is 5.70. The molecular formula is C19H26FNO4. The van der Waals surface area contributed by atoms with Crippen molar-refractivity contribution in [3.05, 3.63) is 35.6 Å². The Bertz CT molecular complexity index is 637. The van der Waals surface area contributed by atoms with E-state index in [9.17, 15) is 19.1 Å². The predicted octanol–water partition coefficient (Wildman–Crippen LogP) is 3.86. The van der Waals surface area contributed by atoms with Gasteiger partial charge in [-0.2, -0.15) is 0 Å². The maximum absolute atomic E-state index is 14.4. The minimum absolute atomic E-state index is 0.0965. The van der Waals surface area contributed by atoms with Crippen LogP contribution in [0.4, 0.5) is 9.18 Å². The molecule has 1 aromatic carbocycles. The predicted molar refractivity (Wildman–Crippen MR) is 91.9 cm³/mol. The third-order valence-electron chi connectivity index (χ3n) is 4.41. The lowest BCUT2D eigenvalue weighted by molar-refractivity contribution is -0.144. The Hall–Kier alpha value is -2.11. The zero-order valence-electron chi connectivity index (χ0n) is 15.0. The van der Waals surface area contributed by atoms with Gasteiger partial charge in [-0.3, -0.25) is 4.79 Å². The molecule has 1 amide bonds. The number of rotatable bonds is 7. The van der Waals surface area contributed by atoms with Crippen LogP contribution in [-0.4, -0.2) is 29.3 Å². The Labute approximate surface area is 147 Å². The molecule has 1 aromatic rings. The number of alkyl carbamates (subject to hydrolysis) is 1. The second-order valence-corrected chi connectivity index (χ2v) is 7.70. The fourth-order valence-electron chi connectivity index (χ4n) is 2.86. The van der Waals surface area contributed by atoms with Crippen molar-refractivity contribution in [3.8, 4) is 0 Å².